The molecule has 4 aromatic rings. The van der Waals surface area contributed by atoms with E-state index in [1.165, 1.54) is 5.70 Å². The molecule has 0 atom stereocenters. The molecule has 4 heteroatoms. The van der Waals surface area contributed by atoms with Crippen LogP contribution in [-0.4, -0.2) is 19.5 Å². The lowest BCUT2D eigenvalue weighted by molar-refractivity contribution is 0.956. The molecule has 0 spiro atoms. The smallest absolute Gasteiger partial charge is 0.164 e. The van der Waals surface area contributed by atoms with Gasteiger partial charge in [0.1, 0.15) is 5.69 Å². The van der Waals surface area contributed by atoms with E-state index < -0.39 is 0 Å². The van der Waals surface area contributed by atoms with Crippen molar-refractivity contribution in [2.45, 2.75) is 12.8 Å². The first-order valence-electron chi connectivity index (χ1n) is 9.12. The van der Waals surface area contributed by atoms with Gasteiger partial charge in [-0.25, -0.2) is 9.97 Å². The zero-order chi connectivity index (χ0) is 18.1. The molecular weight excluding hydrogens is 332 g/mol. The van der Waals surface area contributed by atoms with Crippen LogP contribution in [-0.2, 0) is 0 Å². The fourth-order valence-electron chi connectivity index (χ4n) is 3.48. The van der Waals surface area contributed by atoms with Crippen molar-refractivity contribution in [3.8, 4) is 22.9 Å². The minimum absolute atomic E-state index is 0.851. The van der Waals surface area contributed by atoms with E-state index in [4.69, 9.17) is 9.97 Å². The monoisotopic (exact) mass is 350 g/mol. The molecule has 0 aliphatic heterocycles. The quantitative estimate of drug-likeness (QED) is 0.500. The molecule has 0 amide bonds. The number of nitrogens with zero attached hydrogens (tertiary/aromatic N) is 4. The second-order valence-electron chi connectivity index (χ2n) is 6.51. The van der Waals surface area contributed by atoms with Crippen molar-refractivity contribution in [2.24, 2.45) is 0 Å². The van der Waals surface area contributed by atoms with Gasteiger partial charge in [-0.15, -0.1) is 0 Å². The fourth-order valence-corrected chi connectivity index (χ4v) is 3.48. The van der Waals surface area contributed by atoms with Gasteiger partial charge in [0.15, 0.2) is 5.82 Å². The average molecular weight is 350 g/mol. The molecule has 1 aromatic carbocycles. The molecular formula is C23H18N4. The molecule has 4 nitrogen and oxygen atoms in total. The van der Waals surface area contributed by atoms with Crippen molar-refractivity contribution in [1.82, 2.24) is 19.5 Å². The van der Waals surface area contributed by atoms with Gasteiger partial charge in [-0.2, -0.15) is 0 Å². The predicted molar refractivity (Wildman–Crippen MR) is 109 cm³/mol. The number of allylic oxidation sites excluding steroid dienone is 4. The highest BCUT2D eigenvalue weighted by atomic mass is 15.1. The number of aromatic nitrogens is 4. The SMILES string of the molecule is C1=CCCC(n2c(-c3cccc(-c4ccccn4)n3)nc3ccccc32)=C1. The number of pyridine rings is 2. The van der Waals surface area contributed by atoms with Crippen LogP contribution in [0.5, 0.6) is 0 Å². The van der Waals surface area contributed by atoms with Crippen LogP contribution >= 0.6 is 0 Å². The average Bonchev–Trinajstić information content (AvgIpc) is 3.15. The molecule has 0 saturated carbocycles. The van der Waals surface area contributed by atoms with E-state index in [1.54, 1.807) is 6.20 Å². The Balaban J connectivity index is 1.72. The lowest BCUT2D eigenvalue weighted by atomic mass is 10.1. The van der Waals surface area contributed by atoms with Gasteiger partial charge in [0.2, 0.25) is 0 Å². The zero-order valence-electron chi connectivity index (χ0n) is 14.8. The summed E-state index contributed by atoms with van der Waals surface area (Å²) in [4.78, 5) is 14.2. The summed E-state index contributed by atoms with van der Waals surface area (Å²) in [6.45, 7) is 0. The minimum Gasteiger partial charge on any atom is -0.295 e. The first-order valence-corrected chi connectivity index (χ1v) is 9.12. The molecule has 130 valence electrons. The number of hydrogen-bond donors (Lipinski definition) is 0. The van der Waals surface area contributed by atoms with Crippen LogP contribution < -0.4 is 0 Å². The molecule has 0 unspecified atom stereocenters. The third kappa shape index (κ3) is 2.85. The topological polar surface area (TPSA) is 43.6 Å². The van der Waals surface area contributed by atoms with E-state index >= 15 is 0 Å². The number of para-hydroxylation sites is 2. The largest absolute Gasteiger partial charge is 0.295 e. The lowest BCUT2D eigenvalue weighted by Crippen LogP contribution is -2.03. The first kappa shape index (κ1) is 15.7. The van der Waals surface area contributed by atoms with Crippen molar-refractivity contribution < 1.29 is 0 Å². The Morgan fingerprint density at radius 2 is 1.63 bits per heavy atom. The predicted octanol–water partition coefficient (Wildman–Crippen LogP) is 5.35. The molecule has 27 heavy (non-hydrogen) atoms. The van der Waals surface area contributed by atoms with Gasteiger partial charge >= 0.3 is 0 Å². The van der Waals surface area contributed by atoms with Crippen LogP contribution in [0, 0.1) is 0 Å². The van der Waals surface area contributed by atoms with Gasteiger partial charge < -0.3 is 0 Å². The van der Waals surface area contributed by atoms with Gasteiger partial charge in [0.05, 0.1) is 22.4 Å². The van der Waals surface area contributed by atoms with E-state index in [-0.39, 0.29) is 0 Å². The Labute approximate surface area is 157 Å². The molecule has 0 N–H and O–H groups in total. The van der Waals surface area contributed by atoms with Crippen molar-refractivity contribution in [1.29, 1.82) is 0 Å². The second-order valence-corrected chi connectivity index (χ2v) is 6.51. The first-order chi connectivity index (χ1) is 13.4. The second kappa shape index (κ2) is 6.65. The maximum absolute atomic E-state index is 4.91. The molecule has 0 saturated heterocycles. The summed E-state index contributed by atoms with van der Waals surface area (Å²) in [5.41, 5.74) is 5.90. The molecule has 5 rings (SSSR count). The highest BCUT2D eigenvalue weighted by Gasteiger charge is 2.17. The molecule has 1 aliphatic rings. The molecule has 3 heterocycles. The van der Waals surface area contributed by atoms with Crippen LogP contribution in [0.4, 0.5) is 0 Å². The van der Waals surface area contributed by atoms with Crippen LogP contribution in [0.3, 0.4) is 0 Å². The summed E-state index contributed by atoms with van der Waals surface area (Å²) < 4.78 is 2.24. The Kier molecular flexibility index (Phi) is 3.87. The standard InChI is InChI=1S/C23H18N4/c1-2-9-17(10-3-1)27-22-15-5-4-12-20(22)26-23(27)21-14-8-13-19(25-21)18-11-6-7-16-24-18/h1-2,4-9,11-16H,3,10H2. The summed E-state index contributed by atoms with van der Waals surface area (Å²) in [7, 11) is 0. The van der Waals surface area contributed by atoms with E-state index in [0.29, 0.717) is 0 Å². The van der Waals surface area contributed by atoms with E-state index in [0.717, 1.165) is 46.8 Å². The van der Waals surface area contributed by atoms with Gasteiger partial charge in [0, 0.05) is 11.9 Å². The van der Waals surface area contributed by atoms with Gasteiger partial charge in [-0.05, 0) is 55.3 Å². The maximum Gasteiger partial charge on any atom is 0.164 e. The normalized spacial score (nSPS) is 13.7. The van der Waals surface area contributed by atoms with Crippen LogP contribution in [0.2, 0.25) is 0 Å². The number of rotatable bonds is 3. The van der Waals surface area contributed by atoms with Crippen LogP contribution in [0.1, 0.15) is 12.8 Å². The Bertz CT molecular complexity index is 1170. The number of imidazole rings is 1. The van der Waals surface area contributed by atoms with Crippen molar-refractivity contribution >= 4 is 16.7 Å². The van der Waals surface area contributed by atoms with Gasteiger partial charge in [-0.1, -0.05) is 36.4 Å². The van der Waals surface area contributed by atoms with E-state index in [1.807, 2.05) is 42.5 Å². The third-order valence-corrected chi connectivity index (χ3v) is 4.75. The summed E-state index contributed by atoms with van der Waals surface area (Å²) in [6.07, 6.45) is 10.3. The van der Waals surface area contributed by atoms with E-state index in [2.05, 4.69) is 46.0 Å². The van der Waals surface area contributed by atoms with Gasteiger partial charge in [-0.3, -0.25) is 9.55 Å². The number of hydrogen-bond acceptors (Lipinski definition) is 3. The zero-order valence-corrected chi connectivity index (χ0v) is 14.8. The lowest BCUT2D eigenvalue weighted by Gasteiger charge is -2.15. The summed E-state index contributed by atoms with van der Waals surface area (Å²) in [6, 6.07) is 20.1. The van der Waals surface area contributed by atoms with Crippen LogP contribution in [0.25, 0.3) is 39.6 Å². The maximum atomic E-state index is 4.91. The Hall–Kier alpha value is -3.53. The summed E-state index contributed by atoms with van der Waals surface area (Å²) in [5, 5.41) is 0. The Morgan fingerprint density at radius 1 is 0.778 bits per heavy atom. The molecule has 1 aliphatic carbocycles. The molecule has 3 aromatic heterocycles. The Morgan fingerprint density at radius 3 is 2.48 bits per heavy atom. The number of benzene rings is 1. The van der Waals surface area contributed by atoms with Crippen molar-refractivity contribution in [3.63, 3.8) is 0 Å². The highest BCUT2D eigenvalue weighted by Crippen LogP contribution is 2.31. The minimum atomic E-state index is 0.851. The third-order valence-electron chi connectivity index (χ3n) is 4.75. The fraction of sp³-hybridized carbons (Fsp3) is 0.0870. The summed E-state index contributed by atoms with van der Waals surface area (Å²) in [5.74, 6) is 0.871. The molecule has 0 radical (unpaired) electrons. The number of fused-ring (bicyclic) bond motifs is 1. The van der Waals surface area contributed by atoms with Crippen molar-refractivity contribution in [3.05, 3.63) is 85.1 Å². The molecule has 0 fully saturated rings. The highest BCUT2D eigenvalue weighted by molar-refractivity contribution is 5.85. The van der Waals surface area contributed by atoms with E-state index in [9.17, 15) is 0 Å². The summed E-state index contributed by atoms with van der Waals surface area (Å²) >= 11 is 0. The van der Waals surface area contributed by atoms with Crippen molar-refractivity contribution in [2.75, 3.05) is 0 Å². The van der Waals surface area contributed by atoms with Gasteiger partial charge in [0.25, 0.3) is 0 Å². The van der Waals surface area contributed by atoms with Crippen LogP contribution in [0.15, 0.2) is 85.1 Å². The molecule has 0 bridgehead atoms.